The molecule has 1 aromatic carbocycles. The van der Waals surface area contributed by atoms with Gasteiger partial charge >= 0.3 is 0 Å². The van der Waals surface area contributed by atoms with E-state index in [4.69, 9.17) is 0 Å². The number of anilines is 2. The highest BCUT2D eigenvalue weighted by Gasteiger charge is 2.24. The lowest BCUT2D eigenvalue weighted by Crippen LogP contribution is -2.42. The normalized spacial score (nSPS) is 22.8. The van der Waals surface area contributed by atoms with Gasteiger partial charge in [0.25, 0.3) is 0 Å². The van der Waals surface area contributed by atoms with E-state index < -0.39 is 0 Å². The minimum absolute atomic E-state index is 0.173. The molecule has 0 saturated carbocycles. The zero-order valence-electron chi connectivity index (χ0n) is 10.5. The zero-order chi connectivity index (χ0) is 12.4. The van der Waals surface area contributed by atoms with Crippen molar-refractivity contribution in [2.45, 2.75) is 25.3 Å². The molecule has 0 aliphatic carbocycles. The molecule has 18 heavy (non-hydrogen) atoms. The summed E-state index contributed by atoms with van der Waals surface area (Å²) in [5.74, 6) is 0.173. The highest BCUT2D eigenvalue weighted by Crippen LogP contribution is 2.29. The van der Waals surface area contributed by atoms with Crippen molar-refractivity contribution in [3.8, 4) is 0 Å². The Morgan fingerprint density at radius 1 is 1.33 bits per heavy atom. The summed E-state index contributed by atoms with van der Waals surface area (Å²) >= 11 is 0. The highest BCUT2D eigenvalue weighted by atomic mass is 16.2. The van der Waals surface area contributed by atoms with E-state index >= 15 is 0 Å². The van der Waals surface area contributed by atoms with Crippen molar-refractivity contribution in [1.29, 1.82) is 0 Å². The molecule has 0 aromatic heterocycles. The third kappa shape index (κ3) is 2.20. The number of nitrogens with one attached hydrogen (secondary N) is 2. The maximum absolute atomic E-state index is 12.0. The molecule has 0 bridgehead atoms. The summed E-state index contributed by atoms with van der Waals surface area (Å²) in [5.41, 5.74) is 2.09. The van der Waals surface area contributed by atoms with Crippen LogP contribution in [0.2, 0.25) is 0 Å². The zero-order valence-corrected chi connectivity index (χ0v) is 10.5. The number of carbonyl (C=O) groups excluding carboxylic acids is 1. The molecule has 2 heterocycles. The summed E-state index contributed by atoms with van der Waals surface area (Å²) in [4.78, 5) is 13.9. The van der Waals surface area contributed by atoms with Crippen LogP contribution in [0.25, 0.3) is 0 Å². The molecule has 4 nitrogen and oxygen atoms in total. The first kappa shape index (κ1) is 11.5. The smallest absolute Gasteiger partial charge is 0.246 e. The quantitative estimate of drug-likeness (QED) is 0.850. The maximum atomic E-state index is 12.0. The van der Waals surface area contributed by atoms with Crippen LogP contribution in [0.5, 0.6) is 0 Å². The third-order valence-corrected chi connectivity index (χ3v) is 3.79. The van der Waals surface area contributed by atoms with Gasteiger partial charge in [0.05, 0.1) is 17.9 Å². The molecule has 3 rings (SSSR count). The molecule has 0 spiro atoms. The lowest BCUT2D eigenvalue weighted by atomic mass is 10.1. The van der Waals surface area contributed by atoms with Crippen LogP contribution in [0.1, 0.15) is 19.3 Å². The van der Waals surface area contributed by atoms with Gasteiger partial charge in [0.15, 0.2) is 0 Å². The van der Waals surface area contributed by atoms with Gasteiger partial charge in [-0.1, -0.05) is 12.1 Å². The van der Waals surface area contributed by atoms with E-state index in [1.165, 1.54) is 12.8 Å². The van der Waals surface area contributed by atoms with Crippen LogP contribution < -0.4 is 15.5 Å². The van der Waals surface area contributed by atoms with Gasteiger partial charge in [-0.2, -0.15) is 0 Å². The number of nitrogens with zero attached hydrogens (tertiary/aromatic N) is 1. The Labute approximate surface area is 107 Å². The number of amides is 1. The third-order valence-electron chi connectivity index (χ3n) is 3.79. The Kier molecular flexibility index (Phi) is 3.19. The van der Waals surface area contributed by atoms with Crippen LogP contribution in [0.4, 0.5) is 11.4 Å². The maximum Gasteiger partial charge on any atom is 0.246 e. The van der Waals surface area contributed by atoms with Crippen LogP contribution >= 0.6 is 0 Å². The Hall–Kier alpha value is -1.55. The summed E-state index contributed by atoms with van der Waals surface area (Å²) in [7, 11) is 0. The molecule has 1 fully saturated rings. The molecule has 2 aliphatic rings. The largest absolute Gasteiger partial charge is 0.374 e. The number of hydrogen-bond acceptors (Lipinski definition) is 3. The Morgan fingerprint density at radius 2 is 2.22 bits per heavy atom. The Balaban J connectivity index is 1.71. The molecule has 4 heteroatoms. The molecule has 96 valence electrons. The number of benzene rings is 1. The average Bonchev–Trinajstić information content (AvgIpc) is 2.91. The van der Waals surface area contributed by atoms with Crippen molar-refractivity contribution >= 4 is 17.3 Å². The lowest BCUT2D eigenvalue weighted by Gasteiger charge is -2.30. The number of para-hydroxylation sites is 2. The van der Waals surface area contributed by atoms with Gasteiger partial charge in [-0.25, -0.2) is 0 Å². The monoisotopic (exact) mass is 245 g/mol. The first-order chi connectivity index (χ1) is 8.84. The minimum atomic E-state index is 0.173. The van der Waals surface area contributed by atoms with Crippen LogP contribution in [-0.2, 0) is 4.79 Å². The van der Waals surface area contributed by atoms with E-state index in [-0.39, 0.29) is 5.91 Å². The van der Waals surface area contributed by atoms with Crippen molar-refractivity contribution in [2.75, 3.05) is 29.9 Å². The van der Waals surface area contributed by atoms with E-state index in [0.717, 1.165) is 30.9 Å². The number of rotatable bonds is 3. The second kappa shape index (κ2) is 4.98. The van der Waals surface area contributed by atoms with Crippen molar-refractivity contribution in [3.05, 3.63) is 24.3 Å². The standard InChI is InChI=1S/C14H19N3O/c18-14-10-16-12-5-1-2-6-13(12)17(14)9-7-11-4-3-8-15-11/h1-2,5-6,11,15-16H,3-4,7-10H2. The summed E-state index contributed by atoms with van der Waals surface area (Å²) < 4.78 is 0. The van der Waals surface area contributed by atoms with E-state index in [1.54, 1.807) is 0 Å². The molecule has 1 amide bonds. The summed E-state index contributed by atoms with van der Waals surface area (Å²) in [6.07, 6.45) is 3.54. The molecular weight excluding hydrogens is 226 g/mol. The van der Waals surface area contributed by atoms with Gasteiger partial charge in [-0.3, -0.25) is 4.79 Å². The van der Waals surface area contributed by atoms with Crippen molar-refractivity contribution in [2.24, 2.45) is 0 Å². The van der Waals surface area contributed by atoms with Crippen molar-refractivity contribution in [1.82, 2.24) is 5.32 Å². The lowest BCUT2D eigenvalue weighted by molar-refractivity contribution is -0.117. The molecule has 0 radical (unpaired) electrons. The summed E-state index contributed by atoms with van der Waals surface area (Å²) in [6, 6.07) is 8.61. The first-order valence-electron chi connectivity index (χ1n) is 6.71. The topological polar surface area (TPSA) is 44.4 Å². The Bertz CT molecular complexity index is 440. The predicted molar refractivity (Wildman–Crippen MR) is 72.9 cm³/mol. The SMILES string of the molecule is O=C1CNc2ccccc2N1CCC1CCCN1. The van der Waals surface area contributed by atoms with E-state index in [2.05, 4.69) is 10.6 Å². The van der Waals surface area contributed by atoms with Crippen LogP contribution in [-0.4, -0.2) is 31.6 Å². The second-order valence-corrected chi connectivity index (χ2v) is 5.00. The molecule has 1 saturated heterocycles. The fourth-order valence-electron chi connectivity index (χ4n) is 2.79. The number of hydrogen-bond donors (Lipinski definition) is 2. The molecule has 1 atom stereocenters. The van der Waals surface area contributed by atoms with Gasteiger partial charge in [-0.15, -0.1) is 0 Å². The molecule has 1 aromatic rings. The van der Waals surface area contributed by atoms with Crippen LogP contribution in [0, 0.1) is 0 Å². The molecule has 2 N–H and O–H groups in total. The highest BCUT2D eigenvalue weighted by molar-refractivity contribution is 6.02. The Morgan fingerprint density at radius 3 is 3.06 bits per heavy atom. The van der Waals surface area contributed by atoms with Crippen LogP contribution in [0.3, 0.4) is 0 Å². The summed E-state index contributed by atoms with van der Waals surface area (Å²) in [6.45, 7) is 2.35. The van der Waals surface area contributed by atoms with Gasteiger partial charge in [-0.05, 0) is 37.9 Å². The van der Waals surface area contributed by atoms with Crippen molar-refractivity contribution in [3.63, 3.8) is 0 Å². The van der Waals surface area contributed by atoms with Gasteiger partial charge in [0.1, 0.15) is 0 Å². The average molecular weight is 245 g/mol. The molecule has 2 aliphatic heterocycles. The van der Waals surface area contributed by atoms with Gasteiger partial charge in [0.2, 0.25) is 5.91 Å². The molecular formula is C14H19N3O. The van der Waals surface area contributed by atoms with Gasteiger partial charge < -0.3 is 15.5 Å². The second-order valence-electron chi connectivity index (χ2n) is 5.00. The predicted octanol–water partition coefficient (Wildman–Crippen LogP) is 1.59. The fourth-order valence-corrected chi connectivity index (χ4v) is 2.79. The summed E-state index contributed by atoms with van der Waals surface area (Å²) in [5, 5.41) is 6.64. The number of carbonyl (C=O) groups is 1. The van der Waals surface area contributed by atoms with Crippen molar-refractivity contribution < 1.29 is 4.79 Å². The molecule has 1 unspecified atom stereocenters. The first-order valence-corrected chi connectivity index (χ1v) is 6.71. The minimum Gasteiger partial charge on any atom is -0.374 e. The fraction of sp³-hybridized carbons (Fsp3) is 0.500. The van der Waals surface area contributed by atoms with E-state index in [9.17, 15) is 4.79 Å². The van der Waals surface area contributed by atoms with Gasteiger partial charge in [0, 0.05) is 12.6 Å². The van der Waals surface area contributed by atoms with E-state index in [1.807, 2.05) is 29.2 Å². The van der Waals surface area contributed by atoms with Crippen LogP contribution in [0.15, 0.2) is 24.3 Å². The number of fused-ring (bicyclic) bond motifs is 1. The van der Waals surface area contributed by atoms with E-state index in [0.29, 0.717) is 12.6 Å².